The Bertz CT molecular complexity index is 1150. The van der Waals surface area contributed by atoms with Crippen molar-refractivity contribution in [2.45, 2.75) is 6.54 Å². The van der Waals surface area contributed by atoms with Crippen LogP contribution in [0.1, 0.15) is 16.1 Å². The molecule has 0 bridgehead atoms. The highest BCUT2D eigenvalue weighted by molar-refractivity contribution is 6.31. The van der Waals surface area contributed by atoms with Crippen LogP contribution in [-0.4, -0.2) is 13.0 Å². The second-order valence-corrected chi connectivity index (χ2v) is 6.84. The number of hydrogen-bond acceptors (Lipinski definition) is 4. The summed E-state index contributed by atoms with van der Waals surface area (Å²) in [4.78, 5) is 12.9. The number of anilines is 2. The summed E-state index contributed by atoms with van der Waals surface area (Å²) in [7, 11) is 1.60. The number of carbonyl (C=O) groups is 1. The fourth-order valence-electron chi connectivity index (χ4n) is 3.07. The fourth-order valence-corrected chi connectivity index (χ4v) is 3.27. The number of nitrogens with one attached hydrogen (secondary N) is 2. The summed E-state index contributed by atoms with van der Waals surface area (Å²) in [5.74, 6) is 0.593. The van der Waals surface area contributed by atoms with Crippen LogP contribution in [0.5, 0.6) is 5.75 Å². The number of benzene rings is 3. The maximum absolute atomic E-state index is 12.9. The van der Waals surface area contributed by atoms with Crippen molar-refractivity contribution in [2.24, 2.45) is 0 Å². The zero-order valence-electron chi connectivity index (χ0n) is 15.7. The third kappa shape index (κ3) is 4.05. The van der Waals surface area contributed by atoms with Crippen molar-refractivity contribution in [1.82, 2.24) is 0 Å². The Morgan fingerprint density at radius 3 is 2.48 bits per heavy atom. The van der Waals surface area contributed by atoms with Crippen molar-refractivity contribution >= 4 is 39.9 Å². The molecule has 29 heavy (non-hydrogen) atoms. The minimum absolute atomic E-state index is 0.217. The Morgan fingerprint density at radius 1 is 1.00 bits per heavy atom. The van der Waals surface area contributed by atoms with Crippen molar-refractivity contribution in [3.8, 4) is 5.75 Å². The molecule has 2 N–H and O–H groups in total. The molecule has 146 valence electrons. The number of amides is 1. The van der Waals surface area contributed by atoms with Crippen molar-refractivity contribution in [3.63, 3.8) is 0 Å². The lowest BCUT2D eigenvalue weighted by Crippen LogP contribution is -2.13. The molecule has 0 saturated carbocycles. The van der Waals surface area contributed by atoms with Gasteiger partial charge in [0.1, 0.15) is 11.3 Å². The van der Waals surface area contributed by atoms with Gasteiger partial charge in [0.15, 0.2) is 0 Å². The Kier molecular flexibility index (Phi) is 5.40. The molecule has 1 aromatic heterocycles. The lowest BCUT2D eigenvalue weighted by atomic mass is 10.2. The molecule has 4 rings (SSSR count). The van der Waals surface area contributed by atoms with E-state index in [0.717, 1.165) is 10.9 Å². The van der Waals surface area contributed by atoms with Crippen LogP contribution in [0.3, 0.4) is 0 Å². The number of fused-ring (bicyclic) bond motifs is 1. The molecular formula is C23H19ClN2O3. The van der Waals surface area contributed by atoms with E-state index in [1.165, 1.54) is 0 Å². The molecule has 3 aromatic carbocycles. The summed E-state index contributed by atoms with van der Waals surface area (Å²) < 4.78 is 11.0. The number of hydrogen-bond donors (Lipinski definition) is 2. The van der Waals surface area contributed by atoms with Gasteiger partial charge in [-0.15, -0.1) is 0 Å². The lowest BCUT2D eigenvalue weighted by molar-refractivity contribution is 0.0999. The molecule has 4 aromatic rings. The Balaban J connectivity index is 1.63. The van der Waals surface area contributed by atoms with E-state index in [-0.39, 0.29) is 11.7 Å². The summed E-state index contributed by atoms with van der Waals surface area (Å²) in [6.45, 7) is 0.464. The standard InChI is InChI=1S/C23H19ClN2O3/c1-28-17-12-10-16(11-13-17)26-23(27)22-21(18-7-3-5-9-20(18)29-22)25-14-15-6-2-4-8-19(15)24/h2-13,25H,14H2,1H3,(H,26,27). The van der Waals surface area contributed by atoms with Crippen LogP contribution in [0.15, 0.2) is 77.2 Å². The molecule has 0 aliphatic carbocycles. The van der Waals surface area contributed by atoms with Gasteiger partial charge in [0.05, 0.1) is 12.8 Å². The van der Waals surface area contributed by atoms with E-state index >= 15 is 0 Å². The van der Waals surface area contributed by atoms with Crippen LogP contribution in [0.4, 0.5) is 11.4 Å². The van der Waals surface area contributed by atoms with Gasteiger partial charge in [-0.2, -0.15) is 0 Å². The average molecular weight is 407 g/mol. The Hall–Kier alpha value is -3.44. The highest BCUT2D eigenvalue weighted by Gasteiger charge is 2.21. The predicted molar refractivity (Wildman–Crippen MR) is 116 cm³/mol. The average Bonchev–Trinajstić information content (AvgIpc) is 3.12. The fraction of sp³-hybridized carbons (Fsp3) is 0.0870. The first-order valence-corrected chi connectivity index (χ1v) is 9.47. The molecule has 6 heteroatoms. The summed E-state index contributed by atoms with van der Waals surface area (Å²) >= 11 is 6.26. The molecule has 0 saturated heterocycles. The first-order chi connectivity index (χ1) is 14.2. The van der Waals surface area contributed by atoms with E-state index in [0.29, 0.717) is 34.3 Å². The molecule has 0 aliphatic heterocycles. The van der Waals surface area contributed by atoms with Crippen molar-refractivity contribution in [2.75, 3.05) is 17.7 Å². The van der Waals surface area contributed by atoms with Crippen LogP contribution in [-0.2, 0) is 6.54 Å². The second kappa shape index (κ2) is 8.29. The van der Waals surface area contributed by atoms with Gasteiger partial charge in [0, 0.05) is 22.6 Å². The monoisotopic (exact) mass is 406 g/mol. The molecule has 1 heterocycles. The molecule has 0 fully saturated rings. The number of para-hydroxylation sites is 1. The predicted octanol–water partition coefficient (Wildman–Crippen LogP) is 5.96. The number of halogens is 1. The van der Waals surface area contributed by atoms with Gasteiger partial charge < -0.3 is 19.8 Å². The highest BCUT2D eigenvalue weighted by atomic mass is 35.5. The molecule has 1 amide bonds. The molecule has 0 atom stereocenters. The van der Waals surface area contributed by atoms with Crippen LogP contribution in [0.25, 0.3) is 11.0 Å². The summed E-state index contributed by atoms with van der Waals surface area (Å²) in [5.41, 5.74) is 2.84. The van der Waals surface area contributed by atoms with Crippen molar-refractivity contribution in [3.05, 3.63) is 89.1 Å². The number of carbonyl (C=O) groups excluding carboxylic acids is 1. The van der Waals surface area contributed by atoms with Crippen molar-refractivity contribution in [1.29, 1.82) is 0 Å². The molecule has 0 radical (unpaired) electrons. The Labute approximate surface area is 173 Å². The first-order valence-electron chi connectivity index (χ1n) is 9.10. The minimum atomic E-state index is -0.340. The van der Waals surface area contributed by atoms with Gasteiger partial charge >= 0.3 is 0 Å². The van der Waals surface area contributed by atoms with Crippen LogP contribution >= 0.6 is 11.6 Å². The zero-order valence-corrected chi connectivity index (χ0v) is 16.5. The highest BCUT2D eigenvalue weighted by Crippen LogP contribution is 2.32. The maximum Gasteiger partial charge on any atom is 0.293 e. The zero-order chi connectivity index (χ0) is 20.2. The summed E-state index contributed by atoms with van der Waals surface area (Å²) in [5, 5.41) is 7.68. The van der Waals surface area contributed by atoms with Gasteiger partial charge in [-0.1, -0.05) is 41.9 Å². The topological polar surface area (TPSA) is 63.5 Å². The Morgan fingerprint density at radius 2 is 1.72 bits per heavy atom. The quantitative estimate of drug-likeness (QED) is 0.414. The smallest absolute Gasteiger partial charge is 0.293 e. The normalized spacial score (nSPS) is 10.7. The molecule has 0 unspecified atom stereocenters. The largest absolute Gasteiger partial charge is 0.497 e. The molecule has 5 nitrogen and oxygen atoms in total. The van der Waals surface area contributed by atoms with E-state index in [2.05, 4.69) is 10.6 Å². The van der Waals surface area contributed by atoms with Crippen LogP contribution < -0.4 is 15.4 Å². The van der Waals surface area contributed by atoms with E-state index in [9.17, 15) is 4.79 Å². The summed E-state index contributed by atoms with van der Waals surface area (Å²) in [6.07, 6.45) is 0. The van der Waals surface area contributed by atoms with Gasteiger partial charge in [-0.3, -0.25) is 4.79 Å². The number of ether oxygens (including phenoxy) is 1. The SMILES string of the molecule is COc1ccc(NC(=O)c2oc3ccccc3c2NCc2ccccc2Cl)cc1. The number of rotatable bonds is 6. The van der Waals surface area contributed by atoms with Crippen LogP contribution in [0, 0.1) is 0 Å². The van der Waals surface area contributed by atoms with E-state index < -0.39 is 0 Å². The van der Waals surface area contributed by atoms with E-state index in [1.54, 1.807) is 31.4 Å². The van der Waals surface area contributed by atoms with Crippen LogP contribution in [0.2, 0.25) is 5.02 Å². The lowest BCUT2D eigenvalue weighted by Gasteiger charge is -2.09. The summed E-state index contributed by atoms with van der Waals surface area (Å²) in [6, 6.07) is 22.2. The van der Waals surface area contributed by atoms with Gasteiger partial charge in [-0.05, 0) is 48.0 Å². The maximum atomic E-state index is 12.9. The first kappa shape index (κ1) is 18.9. The van der Waals surface area contributed by atoms with Crippen molar-refractivity contribution < 1.29 is 13.9 Å². The number of furan rings is 1. The molecular weight excluding hydrogens is 388 g/mol. The third-order valence-corrected chi connectivity index (χ3v) is 4.93. The molecule has 0 spiro atoms. The van der Waals surface area contributed by atoms with E-state index in [1.807, 2.05) is 48.5 Å². The van der Waals surface area contributed by atoms with Gasteiger partial charge in [-0.25, -0.2) is 0 Å². The number of methoxy groups -OCH3 is 1. The molecule has 0 aliphatic rings. The minimum Gasteiger partial charge on any atom is -0.497 e. The van der Waals surface area contributed by atoms with Gasteiger partial charge in [0.25, 0.3) is 5.91 Å². The second-order valence-electron chi connectivity index (χ2n) is 6.43. The third-order valence-electron chi connectivity index (χ3n) is 4.56. The van der Waals surface area contributed by atoms with Gasteiger partial charge in [0.2, 0.25) is 5.76 Å². The van der Waals surface area contributed by atoms with E-state index in [4.69, 9.17) is 20.8 Å².